The summed E-state index contributed by atoms with van der Waals surface area (Å²) in [4.78, 5) is 34.6. The van der Waals surface area contributed by atoms with E-state index in [0.29, 0.717) is 13.0 Å². The molecule has 6 rings (SSSR count). The van der Waals surface area contributed by atoms with Gasteiger partial charge in [-0.2, -0.15) is 0 Å². The number of hydrogen-bond acceptors (Lipinski definition) is 3. The Morgan fingerprint density at radius 1 is 1.10 bits per heavy atom. The van der Waals surface area contributed by atoms with E-state index in [1.807, 2.05) is 36.1 Å². The average Bonchev–Trinajstić information content (AvgIpc) is 3.33. The number of amides is 3. The minimum Gasteiger partial charge on any atom is -0.393 e. The second-order valence-corrected chi connectivity index (χ2v) is 11.3. The highest BCUT2D eigenvalue weighted by Crippen LogP contribution is 2.44. The van der Waals surface area contributed by atoms with E-state index in [1.54, 1.807) is 18.9 Å². The number of rotatable bonds is 4. The topological polar surface area (TPSA) is 88.7 Å². The van der Waals surface area contributed by atoms with E-state index in [2.05, 4.69) is 59.7 Å². The van der Waals surface area contributed by atoms with E-state index < -0.39 is 18.1 Å². The van der Waals surface area contributed by atoms with Crippen molar-refractivity contribution in [2.45, 2.75) is 51.8 Å². The molecule has 2 aliphatic heterocycles. The zero-order valence-electron chi connectivity index (χ0n) is 23.4. The molecule has 0 unspecified atom stereocenters. The van der Waals surface area contributed by atoms with E-state index >= 15 is 0 Å². The molecule has 0 aliphatic carbocycles. The van der Waals surface area contributed by atoms with Crippen molar-refractivity contribution in [2.75, 3.05) is 18.9 Å². The Morgan fingerprint density at radius 2 is 1.88 bits per heavy atom. The SMILES string of the molecule is Cc1cccc(-c2cccc3c4c([nH]c23)[C@@H]2C[C@H](N(C)C(=O)Nc3ccccc3C)[C@H]([C@H](C)O)C(=O)N2CC4)c1. The highest BCUT2D eigenvalue weighted by Gasteiger charge is 2.49. The summed E-state index contributed by atoms with van der Waals surface area (Å²) in [5.41, 5.74) is 8.54. The third-order valence-corrected chi connectivity index (χ3v) is 8.79. The van der Waals surface area contributed by atoms with Gasteiger partial charge in [0.05, 0.1) is 23.6 Å². The van der Waals surface area contributed by atoms with E-state index in [4.69, 9.17) is 0 Å². The maximum Gasteiger partial charge on any atom is 0.321 e. The first-order chi connectivity index (χ1) is 19.2. The lowest BCUT2D eigenvalue weighted by Crippen LogP contribution is -2.60. The number of aromatic nitrogens is 1. The van der Waals surface area contributed by atoms with E-state index in [-0.39, 0.29) is 18.0 Å². The first kappa shape index (κ1) is 26.1. The van der Waals surface area contributed by atoms with Crippen LogP contribution < -0.4 is 5.32 Å². The smallest absolute Gasteiger partial charge is 0.321 e. The molecule has 0 bridgehead atoms. The Kier molecular flexibility index (Phi) is 6.62. The highest BCUT2D eigenvalue weighted by atomic mass is 16.3. The Morgan fingerprint density at radius 3 is 2.62 bits per heavy atom. The second kappa shape index (κ2) is 10.1. The molecule has 3 aromatic carbocycles. The molecule has 206 valence electrons. The van der Waals surface area contributed by atoms with Crippen molar-refractivity contribution >= 4 is 28.5 Å². The number of benzene rings is 3. The Bertz CT molecular complexity index is 1610. The normalized spacial score (nSPS) is 21.1. The number of fused-ring (bicyclic) bond motifs is 5. The van der Waals surface area contributed by atoms with Crippen molar-refractivity contribution < 1.29 is 14.7 Å². The summed E-state index contributed by atoms with van der Waals surface area (Å²) in [6.45, 7) is 6.28. The lowest BCUT2D eigenvalue weighted by atomic mass is 9.79. The van der Waals surface area contributed by atoms with Crippen LogP contribution >= 0.6 is 0 Å². The van der Waals surface area contributed by atoms with Crippen LogP contribution in [0.15, 0.2) is 66.7 Å². The van der Waals surface area contributed by atoms with Crippen LogP contribution in [0, 0.1) is 19.8 Å². The molecule has 3 amide bonds. The molecule has 1 saturated heterocycles. The molecule has 0 radical (unpaired) electrons. The molecule has 40 heavy (non-hydrogen) atoms. The zero-order valence-corrected chi connectivity index (χ0v) is 23.4. The molecule has 3 N–H and O–H groups in total. The fourth-order valence-corrected chi connectivity index (χ4v) is 6.68. The maximum atomic E-state index is 13.9. The van der Waals surface area contributed by atoms with Crippen LogP contribution in [-0.2, 0) is 11.2 Å². The molecule has 3 heterocycles. The van der Waals surface area contributed by atoms with Gasteiger partial charge in [0.15, 0.2) is 0 Å². The number of anilines is 1. The van der Waals surface area contributed by atoms with Gasteiger partial charge in [0, 0.05) is 42.0 Å². The van der Waals surface area contributed by atoms with Gasteiger partial charge in [-0.05, 0) is 56.4 Å². The number of aliphatic hydroxyl groups is 1. The Balaban J connectivity index is 1.38. The second-order valence-electron chi connectivity index (χ2n) is 11.3. The van der Waals surface area contributed by atoms with Crippen LogP contribution in [0.2, 0.25) is 0 Å². The van der Waals surface area contributed by atoms with Gasteiger partial charge in [-0.15, -0.1) is 0 Å². The molecule has 4 atom stereocenters. The summed E-state index contributed by atoms with van der Waals surface area (Å²) < 4.78 is 0. The lowest BCUT2D eigenvalue weighted by molar-refractivity contribution is -0.151. The fraction of sp³-hybridized carbons (Fsp3) is 0.333. The largest absolute Gasteiger partial charge is 0.393 e. The number of hydrogen-bond donors (Lipinski definition) is 3. The number of nitrogens with one attached hydrogen (secondary N) is 2. The Hall–Kier alpha value is -4.10. The van der Waals surface area contributed by atoms with Gasteiger partial charge in [-0.3, -0.25) is 4.79 Å². The molecule has 7 nitrogen and oxygen atoms in total. The minimum absolute atomic E-state index is 0.102. The molecule has 0 spiro atoms. The van der Waals surface area contributed by atoms with Crippen LogP contribution in [-0.4, -0.2) is 57.6 Å². The standard InChI is InChI=1S/C33H36N4O3/c1-19-9-7-11-22(17-19)23-12-8-13-24-25-15-16-37-28(31(25)35-30(23)24)18-27(29(21(3)38)32(37)39)36(4)33(40)34-26-14-6-5-10-20(26)2/h5-14,17,21,27-29,35,38H,15-16,18H2,1-4H3,(H,34,40)/t21-,27-,28-,29-/m0/s1. The van der Waals surface area contributed by atoms with Crippen LogP contribution in [0.25, 0.3) is 22.0 Å². The van der Waals surface area contributed by atoms with Gasteiger partial charge in [0.2, 0.25) is 5.91 Å². The summed E-state index contributed by atoms with van der Waals surface area (Å²) in [6.07, 6.45) is 0.401. The number of carbonyl (C=O) groups excluding carboxylic acids is 2. The third kappa shape index (κ3) is 4.34. The summed E-state index contributed by atoms with van der Waals surface area (Å²) >= 11 is 0. The van der Waals surface area contributed by atoms with Gasteiger partial charge in [-0.25, -0.2) is 4.79 Å². The quantitative estimate of drug-likeness (QED) is 0.308. The van der Waals surface area contributed by atoms with E-state index in [1.165, 1.54) is 16.5 Å². The predicted molar refractivity (Wildman–Crippen MR) is 158 cm³/mol. The number of para-hydroxylation sites is 2. The number of piperidine rings is 1. The number of H-pyrrole nitrogens is 1. The number of aryl methyl sites for hydroxylation is 2. The summed E-state index contributed by atoms with van der Waals surface area (Å²) in [5.74, 6) is -0.798. The molecule has 7 heteroatoms. The monoisotopic (exact) mass is 536 g/mol. The van der Waals surface area contributed by atoms with Crippen molar-refractivity contribution in [3.8, 4) is 11.1 Å². The number of aromatic amines is 1. The zero-order chi connectivity index (χ0) is 28.1. The van der Waals surface area contributed by atoms with Gasteiger partial charge < -0.3 is 25.2 Å². The van der Waals surface area contributed by atoms with Gasteiger partial charge in [0.1, 0.15) is 0 Å². The lowest BCUT2D eigenvalue weighted by Gasteiger charge is -2.48. The maximum absolute atomic E-state index is 13.9. The van der Waals surface area contributed by atoms with Crippen molar-refractivity contribution in [1.82, 2.24) is 14.8 Å². The Labute approximate surface area is 234 Å². The first-order valence-corrected chi connectivity index (χ1v) is 14.0. The van der Waals surface area contributed by atoms with Crippen molar-refractivity contribution in [3.63, 3.8) is 0 Å². The molecular formula is C33H36N4O3. The summed E-state index contributed by atoms with van der Waals surface area (Å²) in [7, 11) is 1.72. The minimum atomic E-state index is -0.885. The van der Waals surface area contributed by atoms with Crippen molar-refractivity contribution in [2.24, 2.45) is 5.92 Å². The fourth-order valence-electron chi connectivity index (χ4n) is 6.68. The summed E-state index contributed by atoms with van der Waals surface area (Å²) in [6, 6.07) is 21.5. The van der Waals surface area contributed by atoms with E-state index in [9.17, 15) is 14.7 Å². The van der Waals surface area contributed by atoms with E-state index in [0.717, 1.165) is 40.0 Å². The molecule has 1 aromatic heterocycles. The van der Waals surface area contributed by atoms with Gasteiger partial charge in [-0.1, -0.05) is 66.2 Å². The van der Waals surface area contributed by atoms with Crippen LogP contribution in [0.5, 0.6) is 0 Å². The first-order valence-electron chi connectivity index (χ1n) is 14.0. The van der Waals surface area contributed by atoms with Gasteiger partial charge >= 0.3 is 6.03 Å². The van der Waals surface area contributed by atoms with Crippen LogP contribution in [0.1, 0.15) is 41.8 Å². The highest BCUT2D eigenvalue weighted by molar-refractivity contribution is 5.98. The van der Waals surface area contributed by atoms with Crippen LogP contribution in [0.4, 0.5) is 10.5 Å². The molecular weight excluding hydrogens is 500 g/mol. The molecule has 0 saturated carbocycles. The van der Waals surface area contributed by atoms with Crippen molar-refractivity contribution in [3.05, 3.63) is 89.1 Å². The molecule has 1 fully saturated rings. The number of aliphatic hydroxyl groups excluding tert-OH is 1. The van der Waals surface area contributed by atoms with Crippen molar-refractivity contribution in [1.29, 1.82) is 0 Å². The molecule has 4 aromatic rings. The predicted octanol–water partition coefficient (Wildman–Crippen LogP) is 5.81. The molecule has 2 aliphatic rings. The summed E-state index contributed by atoms with van der Waals surface area (Å²) in [5, 5.41) is 14.9. The number of carbonyl (C=O) groups is 2. The van der Waals surface area contributed by atoms with Gasteiger partial charge in [0.25, 0.3) is 0 Å². The van der Waals surface area contributed by atoms with Crippen LogP contribution in [0.3, 0.4) is 0 Å². The third-order valence-electron chi connectivity index (χ3n) is 8.79. The number of urea groups is 1. The average molecular weight is 537 g/mol. The number of nitrogens with zero attached hydrogens (tertiary/aromatic N) is 2.